The van der Waals surface area contributed by atoms with E-state index in [2.05, 4.69) is 37.5 Å². The minimum Gasteiger partial charge on any atom is -0.338 e. The summed E-state index contributed by atoms with van der Waals surface area (Å²) in [7, 11) is 0. The molecule has 2 aromatic heterocycles. The summed E-state index contributed by atoms with van der Waals surface area (Å²) < 4.78 is 5.37. The van der Waals surface area contributed by atoms with Gasteiger partial charge in [-0.2, -0.15) is 10.1 Å². The molecule has 0 spiro atoms. The molecule has 0 aliphatic carbocycles. The first-order chi connectivity index (χ1) is 9.42. The summed E-state index contributed by atoms with van der Waals surface area (Å²) in [5, 5.41) is 10.5. The van der Waals surface area contributed by atoms with Crippen LogP contribution >= 0.6 is 11.8 Å². The van der Waals surface area contributed by atoms with Crippen LogP contribution in [0.1, 0.15) is 17.4 Å². The lowest BCUT2D eigenvalue weighted by Gasteiger charge is -2.03. The molecule has 1 N–H and O–H groups in total. The summed E-state index contributed by atoms with van der Waals surface area (Å²) in [6, 6.07) is 8.31. The van der Waals surface area contributed by atoms with Crippen molar-refractivity contribution in [1.82, 2.24) is 25.3 Å². The Balaban J connectivity index is 1.71. The Morgan fingerprint density at radius 3 is 3.16 bits per heavy atom. The highest BCUT2D eigenvalue weighted by Gasteiger charge is 2.29. The van der Waals surface area contributed by atoms with E-state index >= 15 is 0 Å². The lowest BCUT2D eigenvalue weighted by atomic mass is 10.0. The van der Waals surface area contributed by atoms with Crippen molar-refractivity contribution in [1.29, 1.82) is 0 Å². The van der Waals surface area contributed by atoms with Crippen LogP contribution in [0.25, 0.3) is 11.6 Å². The molecule has 7 heteroatoms. The minimum absolute atomic E-state index is 0.158. The van der Waals surface area contributed by atoms with Gasteiger partial charge in [0.05, 0.1) is 5.92 Å². The van der Waals surface area contributed by atoms with Crippen molar-refractivity contribution in [3.63, 3.8) is 0 Å². The first-order valence-electron chi connectivity index (χ1n) is 5.83. The van der Waals surface area contributed by atoms with Crippen molar-refractivity contribution >= 4 is 11.8 Å². The molecule has 0 amide bonds. The average Bonchev–Trinajstić information content (AvgIpc) is 3.18. The molecular formula is C12H9N5OS. The Labute approximate surface area is 112 Å². The zero-order chi connectivity index (χ0) is 12.7. The number of thioether (sulfide) groups is 1. The second kappa shape index (κ2) is 4.20. The van der Waals surface area contributed by atoms with Crippen LogP contribution in [0.15, 0.2) is 40.0 Å². The van der Waals surface area contributed by atoms with Gasteiger partial charge in [0, 0.05) is 10.6 Å². The van der Waals surface area contributed by atoms with Gasteiger partial charge in [0.1, 0.15) is 6.33 Å². The lowest BCUT2D eigenvalue weighted by Crippen LogP contribution is -1.99. The topological polar surface area (TPSA) is 80.5 Å². The van der Waals surface area contributed by atoms with Gasteiger partial charge in [-0.05, 0) is 11.6 Å². The first kappa shape index (κ1) is 10.7. The number of nitrogens with zero attached hydrogens (tertiary/aromatic N) is 4. The minimum atomic E-state index is 0.158. The van der Waals surface area contributed by atoms with Gasteiger partial charge in [-0.3, -0.25) is 5.10 Å². The van der Waals surface area contributed by atoms with Crippen LogP contribution in [0.3, 0.4) is 0 Å². The van der Waals surface area contributed by atoms with Crippen molar-refractivity contribution in [2.75, 3.05) is 5.75 Å². The quantitative estimate of drug-likeness (QED) is 0.768. The summed E-state index contributed by atoms with van der Waals surface area (Å²) in [4.78, 5) is 9.71. The summed E-state index contributed by atoms with van der Waals surface area (Å²) in [5.74, 6) is 2.68. The maximum absolute atomic E-state index is 5.37. The van der Waals surface area contributed by atoms with Crippen molar-refractivity contribution in [2.45, 2.75) is 10.8 Å². The van der Waals surface area contributed by atoms with Crippen LogP contribution in [0.5, 0.6) is 0 Å². The molecule has 0 radical (unpaired) electrons. The van der Waals surface area contributed by atoms with Gasteiger partial charge in [0.15, 0.2) is 5.82 Å². The van der Waals surface area contributed by atoms with Gasteiger partial charge in [-0.1, -0.05) is 23.4 Å². The van der Waals surface area contributed by atoms with Gasteiger partial charge in [-0.15, -0.1) is 11.8 Å². The maximum atomic E-state index is 5.37. The number of rotatable bonds is 2. The molecule has 0 bridgehead atoms. The van der Waals surface area contributed by atoms with E-state index in [4.69, 9.17) is 4.52 Å². The smallest absolute Gasteiger partial charge is 0.239 e. The Kier molecular flexibility index (Phi) is 2.37. The Morgan fingerprint density at radius 1 is 1.32 bits per heavy atom. The van der Waals surface area contributed by atoms with E-state index in [1.54, 1.807) is 0 Å². The molecule has 3 heterocycles. The number of benzene rings is 1. The third-order valence-corrected chi connectivity index (χ3v) is 4.25. The highest BCUT2D eigenvalue weighted by Crippen LogP contribution is 2.42. The third-order valence-electron chi connectivity index (χ3n) is 3.07. The predicted molar refractivity (Wildman–Crippen MR) is 68.7 cm³/mol. The van der Waals surface area contributed by atoms with E-state index < -0.39 is 0 Å². The number of hydrogen-bond acceptors (Lipinski definition) is 6. The first-order valence-corrected chi connectivity index (χ1v) is 6.81. The van der Waals surface area contributed by atoms with Crippen LogP contribution in [0.2, 0.25) is 0 Å². The van der Waals surface area contributed by atoms with Crippen LogP contribution in [0, 0.1) is 0 Å². The van der Waals surface area contributed by atoms with Crippen molar-refractivity contribution in [3.05, 3.63) is 42.0 Å². The molecule has 0 saturated heterocycles. The Morgan fingerprint density at radius 2 is 2.26 bits per heavy atom. The average molecular weight is 271 g/mol. The Hall–Kier alpha value is -2.15. The van der Waals surface area contributed by atoms with Crippen molar-refractivity contribution < 1.29 is 4.52 Å². The normalized spacial score (nSPS) is 17.6. The molecule has 1 aliphatic rings. The fourth-order valence-corrected chi connectivity index (χ4v) is 3.37. The summed E-state index contributed by atoms with van der Waals surface area (Å²) in [6.07, 6.45) is 1.42. The molecule has 3 aromatic rings. The molecule has 1 aromatic carbocycles. The molecule has 1 atom stereocenters. The fraction of sp³-hybridized carbons (Fsp3) is 0.167. The number of aromatic amines is 1. The molecule has 1 aliphatic heterocycles. The molecule has 94 valence electrons. The summed E-state index contributed by atoms with van der Waals surface area (Å²) in [5.41, 5.74) is 1.25. The van der Waals surface area contributed by atoms with Gasteiger partial charge in [0.25, 0.3) is 0 Å². The lowest BCUT2D eigenvalue weighted by molar-refractivity contribution is 0.372. The van der Waals surface area contributed by atoms with Gasteiger partial charge < -0.3 is 4.52 Å². The molecule has 4 rings (SSSR count). The monoisotopic (exact) mass is 271 g/mol. The van der Waals surface area contributed by atoms with E-state index in [1.807, 2.05) is 23.9 Å². The van der Waals surface area contributed by atoms with E-state index in [9.17, 15) is 0 Å². The van der Waals surface area contributed by atoms with Crippen molar-refractivity contribution in [3.8, 4) is 11.6 Å². The van der Waals surface area contributed by atoms with Crippen LogP contribution in [0.4, 0.5) is 0 Å². The largest absolute Gasteiger partial charge is 0.338 e. The van der Waals surface area contributed by atoms with Gasteiger partial charge in [0.2, 0.25) is 11.7 Å². The number of hydrogen-bond donors (Lipinski definition) is 1. The highest BCUT2D eigenvalue weighted by molar-refractivity contribution is 7.99. The fourth-order valence-electron chi connectivity index (χ4n) is 2.15. The summed E-state index contributed by atoms with van der Waals surface area (Å²) in [6.45, 7) is 0. The second-order valence-electron chi connectivity index (χ2n) is 4.19. The van der Waals surface area contributed by atoms with Gasteiger partial charge in [-0.25, -0.2) is 4.98 Å². The molecule has 19 heavy (non-hydrogen) atoms. The number of fused-ring (bicyclic) bond motifs is 1. The zero-order valence-electron chi connectivity index (χ0n) is 9.78. The van der Waals surface area contributed by atoms with Crippen LogP contribution in [-0.2, 0) is 0 Å². The second-order valence-corrected chi connectivity index (χ2v) is 5.25. The van der Waals surface area contributed by atoms with Crippen LogP contribution in [-0.4, -0.2) is 31.1 Å². The maximum Gasteiger partial charge on any atom is 0.239 e. The van der Waals surface area contributed by atoms with E-state index in [0.29, 0.717) is 17.5 Å². The highest BCUT2D eigenvalue weighted by atomic mass is 32.2. The Bertz CT molecular complexity index is 709. The van der Waals surface area contributed by atoms with E-state index in [1.165, 1.54) is 16.8 Å². The molecule has 0 saturated carbocycles. The standard InChI is InChI=1S/C12H9N5OS/c1-2-4-9-7(3-1)8(5-19-9)12-15-11(17-18-12)10-13-6-14-16-10/h1-4,6,8H,5H2,(H,13,14,16). The number of nitrogens with one attached hydrogen (secondary N) is 1. The van der Waals surface area contributed by atoms with E-state index in [-0.39, 0.29) is 5.92 Å². The molecule has 1 unspecified atom stereocenters. The van der Waals surface area contributed by atoms with Crippen molar-refractivity contribution in [2.24, 2.45) is 0 Å². The number of aromatic nitrogens is 5. The number of H-pyrrole nitrogens is 1. The zero-order valence-corrected chi connectivity index (χ0v) is 10.6. The molecule has 6 nitrogen and oxygen atoms in total. The predicted octanol–water partition coefficient (Wildman–Crippen LogP) is 2.09. The van der Waals surface area contributed by atoms with E-state index in [0.717, 1.165) is 5.75 Å². The molecule has 0 fully saturated rings. The SMILES string of the molecule is c1ccc2c(c1)SCC2c1nc(-c2ncn[nH]2)no1. The van der Waals surface area contributed by atoms with Crippen LogP contribution < -0.4 is 0 Å². The third kappa shape index (κ3) is 1.74. The van der Waals surface area contributed by atoms with Gasteiger partial charge >= 0.3 is 0 Å². The summed E-state index contributed by atoms with van der Waals surface area (Å²) >= 11 is 1.81. The molecular weight excluding hydrogens is 262 g/mol.